The van der Waals surface area contributed by atoms with Crippen molar-refractivity contribution in [3.8, 4) is 0 Å². The highest BCUT2D eigenvalue weighted by molar-refractivity contribution is 6.30. The Morgan fingerprint density at radius 2 is 1.61 bits per heavy atom. The summed E-state index contributed by atoms with van der Waals surface area (Å²) in [5, 5.41) is 2.01. The molecule has 0 radical (unpaired) electrons. The lowest BCUT2D eigenvalue weighted by Crippen LogP contribution is -2.49. The van der Waals surface area contributed by atoms with Crippen LogP contribution in [0, 0.1) is 5.82 Å². The number of rotatable bonds is 2. The SMILES string of the molecule is Fc1c(Cl)ccc(C(F)(F)F)c1[C@@H](N1CCNCC1)C(F)(F)F. The van der Waals surface area contributed by atoms with E-state index >= 15 is 0 Å². The summed E-state index contributed by atoms with van der Waals surface area (Å²) in [5.74, 6) is -1.69. The van der Waals surface area contributed by atoms with E-state index in [2.05, 4.69) is 5.32 Å². The van der Waals surface area contributed by atoms with E-state index in [1.165, 1.54) is 0 Å². The van der Waals surface area contributed by atoms with Crippen molar-refractivity contribution in [2.24, 2.45) is 0 Å². The van der Waals surface area contributed by atoms with Crippen molar-refractivity contribution in [2.75, 3.05) is 26.2 Å². The van der Waals surface area contributed by atoms with E-state index in [9.17, 15) is 30.7 Å². The molecule has 1 N–H and O–H groups in total. The van der Waals surface area contributed by atoms with Crippen LogP contribution in [0.4, 0.5) is 30.7 Å². The zero-order valence-corrected chi connectivity index (χ0v) is 12.3. The Kier molecular flexibility index (Phi) is 5.12. The second-order valence-electron chi connectivity index (χ2n) is 5.05. The van der Waals surface area contributed by atoms with Crippen molar-refractivity contribution in [1.82, 2.24) is 10.2 Å². The Morgan fingerprint density at radius 3 is 2.09 bits per heavy atom. The van der Waals surface area contributed by atoms with Gasteiger partial charge in [-0.2, -0.15) is 26.3 Å². The van der Waals surface area contributed by atoms with E-state index in [4.69, 9.17) is 11.6 Å². The van der Waals surface area contributed by atoms with Gasteiger partial charge in [0.05, 0.1) is 10.6 Å². The van der Waals surface area contributed by atoms with Crippen molar-refractivity contribution in [3.05, 3.63) is 34.1 Å². The predicted molar refractivity (Wildman–Crippen MR) is 69.7 cm³/mol. The number of hydrogen-bond donors (Lipinski definition) is 1. The summed E-state index contributed by atoms with van der Waals surface area (Å²) in [6, 6.07) is -1.73. The molecule has 1 aromatic carbocycles. The second kappa shape index (κ2) is 6.45. The monoisotopic (exact) mass is 364 g/mol. The highest BCUT2D eigenvalue weighted by Crippen LogP contribution is 2.45. The number of benzene rings is 1. The fourth-order valence-corrected chi connectivity index (χ4v) is 2.74. The van der Waals surface area contributed by atoms with Crippen LogP contribution in [0.15, 0.2) is 12.1 Å². The van der Waals surface area contributed by atoms with Crippen LogP contribution in [0.2, 0.25) is 5.02 Å². The molecular weight excluding hydrogens is 353 g/mol. The summed E-state index contributed by atoms with van der Waals surface area (Å²) in [7, 11) is 0. The summed E-state index contributed by atoms with van der Waals surface area (Å²) >= 11 is 5.43. The standard InChI is InChI=1S/C13H12ClF7N2/c14-8-2-1-7(12(16,17)18)9(10(8)15)11(13(19,20)21)23-5-3-22-4-6-23/h1-2,11,22H,3-6H2/t11-/m1/s1. The summed E-state index contributed by atoms with van der Waals surface area (Å²) < 4.78 is 93.7. The number of hydrogen-bond acceptors (Lipinski definition) is 2. The van der Waals surface area contributed by atoms with Crippen molar-refractivity contribution in [3.63, 3.8) is 0 Å². The Balaban J connectivity index is 2.64. The average Bonchev–Trinajstić information content (AvgIpc) is 2.42. The number of nitrogens with one attached hydrogen (secondary N) is 1. The van der Waals surface area contributed by atoms with Gasteiger partial charge in [0.25, 0.3) is 0 Å². The summed E-state index contributed by atoms with van der Waals surface area (Å²) in [6.45, 7) is 0.00703. The van der Waals surface area contributed by atoms with Crippen LogP contribution in [0.1, 0.15) is 17.2 Å². The van der Waals surface area contributed by atoms with E-state index in [1.807, 2.05) is 0 Å². The number of alkyl halides is 6. The first kappa shape index (κ1) is 18.3. The normalized spacial score (nSPS) is 19.0. The predicted octanol–water partition coefficient (Wildman–Crippen LogP) is 4.01. The molecule has 1 fully saturated rings. The molecule has 1 aliphatic rings. The van der Waals surface area contributed by atoms with Crippen molar-refractivity contribution >= 4 is 11.6 Å². The Morgan fingerprint density at radius 1 is 1.04 bits per heavy atom. The molecule has 0 aliphatic carbocycles. The zero-order chi connectivity index (χ0) is 17.4. The van der Waals surface area contributed by atoms with E-state index in [-0.39, 0.29) is 26.2 Å². The molecule has 23 heavy (non-hydrogen) atoms. The third-order valence-corrected chi connectivity index (χ3v) is 3.83. The molecule has 2 nitrogen and oxygen atoms in total. The quantitative estimate of drug-likeness (QED) is 0.798. The molecule has 0 aromatic heterocycles. The molecule has 0 saturated carbocycles. The van der Waals surface area contributed by atoms with E-state index in [0.717, 1.165) is 4.90 Å². The Hall–Kier alpha value is -1.06. The lowest BCUT2D eigenvalue weighted by Gasteiger charge is -2.37. The minimum absolute atomic E-state index is 0.159. The van der Waals surface area contributed by atoms with Gasteiger partial charge < -0.3 is 5.32 Å². The van der Waals surface area contributed by atoms with Gasteiger partial charge in [0.2, 0.25) is 0 Å². The molecule has 1 aliphatic heterocycles. The van der Waals surface area contributed by atoms with Crippen molar-refractivity contribution in [1.29, 1.82) is 0 Å². The van der Waals surface area contributed by atoms with Crippen LogP contribution in [0.5, 0.6) is 0 Å². The highest BCUT2D eigenvalue weighted by atomic mass is 35.5. The summed E-state index contributed by atoms with van der Waals surface area (Å²) in [5.41, 5.74) is -3.14. The van der Waals surface area contributed by atoms with Gasteiger partial charge in [0.15, 0.2) is 0 Å². The summed E-state index contributed by atoms with van der Waals surface area (Å²) in [4.78, 5) is 0.778. The highest BCUT2D eigenvalue weighted by Gasteiger charge is 2.50. The third kappa shape index (κ3) is 3.89. The average molecular weight is 365 g/mol. The molecule has 1 atom stereocenters. The van der Waals surface area contributed by atoms with Gasteiger partial charge in [-0.1, -0.05) is 11.6 Å². The van der Waals surface area contributed by atoms with Gasteiger partial charge >= 0.3 is 12.4 Å². The number of nitrogens with zero attached hydrogens (tertiary/aromatic N) is 1. The minimum Gasteiger partial charge on any atom is -0.314 e. The number of piperazine rings is 1. The van der Waals surface area contributed by atoms with Crippen LogP contribution < -0.4 is 5.32 Å². The van der Waals surface area contributed by atoms with Crippen molar-refractivity contribution in [2.45, 2.75) is 18.4 Å². The van der Waals surface area contributed by atoms with Crippen LogP contribution in [0.25, 0.3) is 0 Å². The second-order valence-corrected chi connectivity index (χ2v) is 5.46. The number of halogens is 8. The van der Waals surface area contributed by atoms with Crippen LogP contribution >= 0.6 is 11.6 Å². The van der Waals surface area contributed by atoms with E-state index in [1.54, 1.807) is 0 Å². The first-order valence-corrected chi connectivity index (χ1v) is 6.98. The molecule has 2 rings (SSSR count). The molecule has 0 spiro atoms. The largest absolute Gasteiger partial charge is 0.416 e. The van der Waals surface area contributed by atoms with Gasteiger partial charge in [-0.3, -0.25) is 4.90 Å². The molecule has 0 unspecified atom stereocenters. The first-order valence-electron chi connectivity index (χ1n) is 6.60. The fraction of sp³-hybridized carbons (Fsp3) is 0.538. The van der Waals surface area contributed by atoms with E-state index < -0.39 is 40.4 Å². The maximum absolute atomic E-state index is 14.2. The minimum atomic E-state index is -5.13. The van der Waals surface area contributed by atoms with Crippen LogP contribution in [-0.4, -0.2) is 37.3 Å². The summed E-state index contributed by atoms with van der Waals surface area (Å²) in [6.07, 6.45) is -10.2. The van der Waals surface area contributed by atoms with Gasteiger partial charge in [0, 0.05) is 31.7 Å². The Labute approximate surface area is 132 Å². The molecule has 1 heterocycles. The lowest BCUT2D eigenvalue weighted by molar-refractivity contribution is -0.191. The lowest BCUT2D eigenvalue weighted by atomic mass is 9.96. The molecule has 10 heteroatoms. The zero-order valence-electron chi connectivity index (χ0n) is 11.5. The van der Waals surface area contributed by atoms with Gasteiger partial charge in [-0.05, 0) is 12.1 Å². The van der Waals surface area contributed by atoms with Gasteiger partial charge in [-0.25, -0.2) is 4.39 Å². The van der Waals surface area contributed by atoms with Crippen LogP contribution in [-0.2, 0) is 6.18 Å². The first-order chi connectivity index (χ1) is 10.5. The molecular formula is C13H12ClF7N2. The fourth-order valence-electron chi connectivity index (χ4n) is 2.57. The Bertz CT molecular complexity index is 565. The maximum atomic E-state index is 14.2. The van der Waals surface area contributed by atoms with Gasteiger partial charge in [-0.15, -0.1) is 0 Å². The molecule has 0 bridgehead atoms. The van der Waals surface area contributed by atoms with E-state index in [0.29, 0.717) is 12.1 Å². The molecule has 1 aromatic rings. The van der Waals surface area contributed by atoms with Crippen LogP contribution in [0.3, 0.4) is 0 Å². The van der Waals surface area contributed by atoms with Gasteiger partial charge in [0.1, 0.15) is 11.9 Å². The molecule has 130 valence electrons. The smallest absolute Gasteiger partial charge is 0.314 e. The maximum Gasteiger partial charge on any atom is 0.416 e. The van der Waals surface area contributed by atoms with Crippen molar-refractivity contribution < 1.29 is 30.7 Å². The molecule has 1 saturated heterocycles. The molecule has 0 amide bonds. The third-order valence-electron chi connectivity index (χ3n) is 3.54. The topological polar surface area (TPSA) is 15.3 Å².